The van der Waals surface area contributed by atoms with Gasteiger partial charge in [0.15, 0.2) is 5.82 Å². The number of hydrogen-bond donors (Lipinski definition) is 2. The van der Waals surface area contributed by atoms with Crippen molar-refractivity contribution in [1.82, 2.24) is 25.1 Å². The summed E-state index contributed by atoms with van der Waals surface area (Å²) >= 11 is 0. The number of ether oxygens (including phenoxy) is 1. The largest absolute Gasteiger partial charge is 0.366 e. The number of fused-ring (bicyclic) bond motifs is 1. The van der Waals surface area contributed by atoms with Crippen molar-refractivity contribution in [2.45, 2.75) is 6.10 Å². The van der Waals surface area contributed by atoms with E-state index in [1.165, 1.54) is 0 Å². The third kappa shape index (κ3) is 3.35. The number of aromatic nitrogens is 4. The average Bonchev–Trinajstić information content (AvgIpc) is 3.10. The molecule has 2 N–H and O–H groups in total. The molecule has 1 amide bonds. The summed E-state index contributed by atoms with van der Waals surface area (Å²) < 4.78 is 5.49. The van der Waals surface area contributed by atoms with Gasteiger partial charge in [0.1, 0.15) is 11.8 Å². The molecule has 0 saturated carbocycles. The van der Waals surface area contributed by atoms with E-state index < -0.39 is 6.10 Å². The van der Waals surface area contributed by atoms with Crippen LogP contribution in [-0.2, 0) is 9.53 Å². The van der Waals surface area contributed by atoms with Crippen molar-refractivity contribution in [3.05, 3.63) is 36.4 Å². The van der Waals surface area contributed by atoms with Crippen LogP contribution in [0.3, 0.4) is 0 Å². The van der Waals surface area contributed by atoms with Gasteiger partial charge in [-0.3, -0.25) is 15.2 Å². The number of nitrogens with one attached hydrogen (secondary N) is 2. The second kappa shape index (κ2) is 6.58. The van der Waals surface area contributed by atoms with Crippen LogP contribution < -0.4 is 5.32 Å². The number of likely N-dealkylation sites (N-methyl/N-ethyl adjacent to an activating group) is 1. The summed E-state index contributed by atoms with van der Waals surface area (Å²) in [4.78, 5) is 23.2. The van der Waals surface area contributed by atoms with Crippen molar-refractivity contribution < 1.29 is 9.53 Å². The van der Waals surface area contributed by atoms with Crippen LogP contribution in [0.25, 0.3) is 22.4 Å². The lowest BCUT2D eigenvalue weighted by atomic mass is 10.2. The number of morpholine rings is 1. The first kappa shape index (κ1) is 15.7. The Bertz CT molecular complexity index is 909. The fourth-order valence-corrected chi connectivity index (χ4v) is 2.76. The molecule has 1 aliphatic rings. The average molecular weight is 338 g/mol. The number of para-hydroxylation sites is 1. The molecule has 1 fully saturated rings. The number of amides is 1. The van der Waals surface area contributed by atoms with E-state index in [1.807, 2.05) is 43.4 Å². The number of benzene rings is 1. The summed E-state index contributed by atoms with van der Waals surface area (Å²) in [7, 11) is 1.96. The summed E-state index contributed by atoms with van der Waals surface area (Å²) in [6.45, 7) is 1.91. The number of carbonyl (C=O) groups excluding carboxylic acids is 1. The van der Waals surface area contributed by atoms with Crippen LogP contribution in [0.5, 0.6) is 0 Å². The van der Waals surface area contributed by atoms with Gasteiger partial charge in [-0.1, -0.05) is 24.3 Å². The van der Waals surface area contributed by atoms with Crippen molar-refractivity contribution in [2.75, 3.05) is 32.1 Å². The zero-order valence-corrected chi connectivity index (χ0v) is 13.8. The van der Waals surface area contributed by atoms with Crippen LogP contribution in [0.1, 0.15) is 0 Å². The number of aromatic amines is 1. The lowest BCUT2D eigenvalue weighted by Gasteiger charge is -2.28. The molecular weight excluding hydrogens is 320 g/mol. The van der Waals surface area contributed by atoms with E-state index in [0.717, 1.165) is 17.4 Å². The Morgan fingerprint density at radius 3 is 3.04 bits per heavy atom. The molecule has 1 atom stereocenters. The summed E-state index contributed by atoms with van der Waals surface area (Å²) in [5.74, 6) is 0.470. The van der Waals surface area contributed by atoms with Crippen LogP contribution in [-0.4, -0.2) is 63.8 Å². The molecule has 0 aliphatic carbocycles. The number of rotatable bonds is 3. The molecular formula is C17H18N6O2. The first-order chi connectivity index (χ1) is 12.2. The first-order valence-corrected chi connectivity index (χ1v) is 8.08. The molecule has 8 nitrogen and oxygen atoms in total. The Morgan fingerprint density at radius 2 is 2.16 bits per heavy atom. The lowest BCUT2D eigenvalue weighted by Crippen LogP contribution is -2.46. The minimum absolute atomic E-state index is 0.215. The molecule has 3 heterocycles. The predicted molar refractivity (Wildman–Crippen MR) is 93.0 cm³/mol. The van der Waals surface area contributed by atoms with E-state index in [1.54, 1.807) is 0 Å². The van der Waals surface area contributed by atoms with E-state index in [0.29, 0.717) is 24.7 Å². The van der Waals surface area contributed by atoms with Gasteiger partial charge < -0.3 is 9.64 Å². The lowest BCUT2D eigenvalue weighted by molar-refractivity contribution is -0.132. The number of H-pyrrole nitrogens is 1. The molecule has 0 bridgehead atoms. The third-order valence-corrected chi connectivity index (χ3v) is 4.12. The van der Waals surface area contributed by atoms with Gasteiger partial charge in [-0.25, -0.2) is 4.98 Å². The Hall–Kier alpha value is -2.84. The van der Waals surface area contributed by atoms with Gasteiger partial charge in [0.05, 0.1) is 12.1 Å². The number of anilines is 1. The van der Waals surface area contributed by atoms with Crippen LogP contribution in [0, 0.1) is 0 Å². The number of pyridine rings is 1. The Kier molecular flexibility index (Phi) is 4.12. The number of nitrogens with zero attached hydrogens (tertiary/aromatic N) is 4. The zero-order chi connectivity index (χ0) is 17.2. The highest BCUT2D eigenvalue weighted by atomic mass is 16.5. The third-order valence-electron chi connectivity index (χ3n) is 4.12. The molecule has 0 unspecified atom stereocenters. The van der Waals surface area contributed by atoms with E-state index in [4.69, 9.17) is 4.74 Å². The Balaban J connectivity index is 1.50. The van der Waals surface area contributed by atoms with E-state index >= 15 is 0 Å². The second-order valence-electron chi connectivity index (χ2n) is 6.01. The van der Waals surface area contributed by atoms with E-state index in [-0.39, 0.29) is 11.9 Å². The fourth-order valence-electron chi connectivity index (χ4n) is 2.76. The maximum absolute atomic E-state index is 12.3. The number of carbonyl (C=O) groups is 1. The molecule has 4 rings (SSSR count). The predicted octanol–water partition coefficient (Wildman–Crippen LogP) is 1.29. The molecule has 1 saturated heterocycles. The zero-order valence-electron chi connectivity index (χ0n) is 13.8. The maximum atomic E-state index is 12.3. The molecule has 1 aromatic carbocycles. The molecule has 8 heteroatoms. The summed E-state index contributed by atoms with van der Waals surface area (Å²) in [6, 6.07) is 11.7. The highest BCUT2D eigenvalue weighted by molar-refractivity contribution is 5.93. The molecule has 25 heavy (non-hydrogen) atoms. The maximum Gasteiger partial charge on any atom is 0.257 e. The smallest absolute Gasteiger partial charge is 0.257 e. The normalized spacial score (nSPS) is 18.4. The summed E-state index contributed by atoms with van der Waals surface area (Å²) in [5.41, 5.74) is 1.54. The molecule has 3 aromatic rings. The first-order valence-electron chi connectivity index (χ1n) is 8.08. The molecule has 128 valence electrons. The minimum atomic E-state index is -0.514. The minimum Gasteiger partial charge on any atom is -0.366 e. The standard InChI is InChI=1S/C17H18N6O2/c1-23-8-9-25-14(10-23)16(24)20-17-19-15(21-22-17)13-7-6-11-4-2-3-5-12(11)18-13/h2-7,14H,8-10H2,1H3,(H2,19,20,21,22,24)/t14-/m0/s1. The van der Waals surface area contributed by atoms with Gasteiger partial charge in [-0.2, -0.15) is 4.98 Å². The van der Waals surface area contributed by atoms with Crippen LogP contribution in [0.2, 0.25) is 0 Å². The summed E-state index contributed by atoms with van der Waals surface area (Å²) in [5, 5.41) is 10.6. The van der Waals surface area contributed by atoms with Crippen molar-refractivity contribution in [3.63, 3.8) is 0 Å². The monoisotopic (exact) mass is 338 g/mol. The second-order valence-corrected chi connectivity index (χ2v) is 6.01. The van der Waals surface area contributed by atoms with Gasteiger partial charge in [-0.05, 0) is 19.2 Å². The SMILES string of the molecule is CN1CCO[C@H](C(=O)Nc2n[nH]c(-c3ccc4ccccc4n3)n2)C1. The molecule has 1 aliphatic heterocycles. The van der Waals surface area contributed by atoms with Gasteiger partial charge in [0.25, 0.3) is 5.91 Å². The van der Waals surface area contributed by atoms with Crippen molar-refractivity contribution in [1.29, 1.82) is 0 Å². The Labute approximate surface area is 144 Å². The quantitative estimate of drug-likeness (QED) is 0.747. The topological polar surface area (TPSA) is 96.0 Å². The highest BCUT2D eigenvalue weighted by Gasteiger charge is 2.25. The Morgan fingerprint density at radius 1 is 1.28 bits per heavy atom. The number of hydrogen-bond acceptors (Lipinski definition) is 6. The van der Waals surface area contributed by atoms with Gasteiger partial charge in [-0.15, -0.1) is 5.10 Å². The van der Waals surface area contributed by atoms with E-state index in [9.17, 15) is 4.79 Å². The van der Waals surface area contributed by atoms with E-state index in [2.05, 4.69) is 30.4 Å². The van der Waals surface area contributed by atoms with Crippen LogP contribution in [0.15, 0.2) is 36.4 Å². The summed E-state index contributed by atoms with van der Waals surface area (Å²) in [6.07, 6.45) is -0.514. The molecule has 0 radical (unpaired) electrons. The fraction of sp³-hybridized carbons (Fsp3) is 0.294. The van der Waals surface area contributed by atoms with Crippen LogP contribution >= 0.6 is 0 Å². The van der Waals surface area contributed by atoms with Crippen molar-refractivity contribution in [2.24, 2.45) is 0 Å². The van der Waals surface area contributed by atoms with Gasteiger partial charge in [0.2, 0.25) is 5.95 Å². The highest BCUT2D eigenvalue weighted by Crippen LogP contribution is 2.18. The van der Waals surface area contributed by atoms with Crippen molar-refractivity contribution in [3.8, 4) is 11.5 Å². The van der Waals surface area contributed by atoms with Gasteiger partial charge >= 0.3 is 0 Å². The molecule has 2 aromatic heterocycles. The van der Waals surface area contributed by atoms with Crippen LogP contribution in [0.4, 0.5) is 5.95 Å². The van der Waals surface area contributed by atoms with Crippen molar-refractivity contribution >= 4 is 22.8 Å². The molecule has 0 spiro atoms. The van der Waals surface area contributed by atoms with Gasteiger partial charge in [0, 0.05) is 18.5 Å².